The maximum absolute atomic E-state index is 4.06. The van der Waals surface area contributed by atoms with Gasteiger partial charge in [0.1, 0.15) is 0 Å². The van der Waals surface area contributed by atoms with Crippen molar-refractivity contribution < 1.29 is 0 Å². The Morgan fingerprint density at radius 2 is 2.30 bits per heavy atom. The van der Waals surface area contributed by atoms with Crippen LogP contribution in [0.4, 0.5) is 0 Å². The van der Waals surface area contributed by atoms with Crippen LogP contribution in [0.25, 0.3) is 0 Å². The minimum absolute atomic E-state index is 0.680. The third kappa shape index (κ3) is 4.01. The summed E-state index contributed by atoms with van der Waals surface area (Å²) in [6.07, 6.45) is 4.50. The average Bonchev–Trinajstić information content (AvgIpc) is 1.99. The highest BCUT2D eigenvalue weighted by Crippen LogP contribution is 1.81. The molecule has 0 rings (SSSR count). The van der Waals surface area contributed by atoms with Gasteiger partial charge in [0.2, 0.25) is 0 Å². The highest BCUT2D eigenvalue weighted by Gasteiger charge is 1.84. The first-order valence-electron chi connectivity index (χ1n) is 3.41. The Morgan fingerprint density at radius 1 is 1.60 bits per heavy atom. The molecule has 0 fully saturated rings. The van der Waals surface area contributed by atoms with Crippen molar-refractivity contribution in [2.75, 3.05) is 13.6 Å². The molecule has 0 aliphatic heterocycles. The molecular weight excluding hydrogens is 124 g/mol. The Kier molecular flexibility index (Phi) is 5.63. The van der Waals surface area contributed by atoms with E-state index in [-0.39, 0.29) is 0 Å². The maximum Gasteiger partial charge on any atom is 0.0568 e. The van der Waals surface area contributed by atoms with Crippen molar-refractivity contribution in [2.24, 2.45) is 9.98 Å². The van der Waals surface area contributed by atoms with E-state index in [1.165, 1.54) is 0 Å². The van der Waals surface area contributed by atoms with Crippen LogP contribution in [0, 0.1) is 0 Å². The Labute approximate surface area is 62.4 Å². The summed E-state index contributed by atoms with van der Waals surface area (Å²) >= 11 is 0. The first-order valence-corrected chi connectivity index (χ1v) is 3.41. The highest BCUT2D eigenvalue weighted by atomic mass is 14.7. The van der Waals surface area contributed by atoms with Gasteiger partial charge < -0.3 is 0 Å². The molecule has 0 aromatic rings. The summed E-state index contributed by atoms with van der Waals surface area (Å²) < 4.78 is 0. The van der Waals surface area contributed by atoms with Crippen LogP contribution in [0.1, 0.15) is 13.3 Å². The lowest BCUT2D eigenvalue weighted by atomic mass is 10.3. The fraction of sp³-hybridized carbons (Fsp3) is 0.500. The second-order valence-electron chi connectivity index (χ2n) is 1.85. The molecule has 2 heteroatoms. The monoisotopic (exact) mass is 138 g/mol. The molecule has 0 N–H and O–H groups in total. The first-order chi connectivity index (χ1) is 4.85. The molecule has 0 spiro atoms. The van der Waals surface area contributed by atoms with Gasteiger partial charge in [0.15, 0.2) is 0 Å². The summed E-state index contributed by atoms with van der Waals surface area (Å²) in [4.78, 5) is 8.07. The van der Waals surface area contributed by atoms with Crippen LogP contribution in [0.3, 0.4) is 0 Å². The lowest BCUT2D eigenvalue weighted by Crippen LogP contribution is -1.97. The molecule has 2 nitrogen and oxygen atoms in total. The van der Waals surface area contributed by atoms with Crippen LogP contribution >= 0.6 is 0 Å². The van der Waals surface area contributed by atoms with Crippen molar-refractivity contribution in [2.45, 2.75) is 13.3 Å². The molecule has 0 aromatic carbocycles. The summed E-state index contributed by atoms with van der Waals surface area (Å²) in [6.45, 7) is 6.29. The number of hydrogen-bond acceptors (Lipinski definition) is 2. The molecule has 0 aliphatic carbocycles. The van der Waals surface area contributed by atoms with Crippen molar-refractivity contribution in [1.82, 2.24) is 0 Å². The van der Waals surface area contributed by atoms with Gasteiger partial charge in [-0.2, -0.15) is 0 Å². The number of rotatable bonds is 4. The second-order valence-corrected chi connectivity index (χ2v) is 1.85. The van der Waals surface area contributed by atoms with Gasteiger partial charge in [-0.15, -0.1) is 6.58 Å². The van der Waals surface area contributed by atoms with Gasteiger partial charge in [-0.05, 0) is 6.42 Å². The molecule has 0 saturated carbocycles. The highest BCUT2D eigenvalue weighted by molar-refractivity contribution is 6.30. The van der Waals surface area contributed by atoms with Crippen LogP contribution in [0.15, 0.2) is 22.6 Å². The lowest BCUT2D eigenvalue weighted by molar-refractivity contribution is 1.24. The van der Waals surface area contributed by atoms with E-state index in [4.69, 9.17) is 0 Å². The van der Waals surface area contributed by atoms with E-state index in [1.54, 1.807) is 19.3 Å². The Hall–Kier alpha value is -0.920. The molecule has 0 aromatic heterocycles. The topological polar surface area (TPSA) is 24.7 Å². The third-order valence-electron chi connectivity index (χ3n) is 1.12. The molecule has 56 valence electrons. The van der Waals surface area contributed by atoms with E-state index >= 15 is 0 Å². The molecule has 0 amide bonds. The predicted molar refractivity (Wildman–Crippen MR) is 47.2 cm³/mol. The van der Waals surface area contributed by atoms with E-state index in [0.29, 0.717) is 6.54 Å². The third-order valence-corrected chi connectivity index (χ3v) is 1.12. The zero-order valence-electron chi connectivity index (χ0n) is 6.67. The van der Waals surface area contributed by atoms with Crippen LogP contribution in [0.5, 0.6) is 0 Å². The van der Waals surface area contributed by atoms with Gasteiger partial charge in [-0.3, -0.25) is 9.98 Å². The Balaban J connectivity index is 3.73. The summed E-state index contributed by atoms with van der Waals surface area (Å²) in [5.41, 5.74) is 1.03. The minimum Gasteiger partial charge on any atom is -0.292 e. The van der Waals surface area contributed by atoms with Crippen molar-refractivity contribution in [3.8, 4) is 0 Å². The molecule has 0 saturated heterocycles. The van der Waals surface area contributed by atoms with Crippen LogP contribution in [-0.2, 0) is 0 Å². The Bertz CT molecular complexity index is 145. The van der Waals surface area contributed by atoms with Gasteiger partial charge in [0.25, 0.3) is 0 Å². The van der Waals surface area contributed by atoms with E-state index in [0.717, 1.165) is 12.1 Å². The van der Waals surface area contributed by atoms with Gasteiger partial charge in [0, 0.05) is 13.3 Å². The lowest BCUT2D eigenvalue weighted by Gasteiger charge is -1.90. The van der Waals surface area contributed by atoms with Gasteiger partial charge >= 0.3 is 0 Å². The molecule has 0 aliphatic rings. The minimum atomic E-state index is 0.680. The van der Waals surface area contributed by atoms with E-state index in [2.05, 4.69) is 23.5 Å². The standard InChI is InChI=1S/C8H14N2/c1-4-6-10-7-8(5-2)9-3/h4,7H,1,5-6H2,2-3H3. The van der Waals surface area contributed by atoms with Crippen molar-refractivity contribution in [3.63, 3.8) is 0 Å². The van der Waals surface area contributed by atoms with Crippen molar-refractivity contribution >= 4 is 11.9 Å². The molecule has 0 bridgehead atoms. The van der Waals surface area contributed by atoms with Crippen molar-refractivity contribution in [3.05, 3.63) is 12.7 Å². The fourth-order valence-corrected chi connectivity index (χ4v) is 0.540. The van der Waals surface area contributed by atoms with Gasteiger partial charge in [0.05, 0.1) is 12.3 Å². The first kappa shape index (κ1) is 9.08. The summed E-state index contributed by atoms with van der Waals surface area (Å²) in [5, 5.41) is 0. The molecule has 0 heterocycles. The largest absolute Gasteiger partial charge is 0.292 e. The van der Waals surface area contributed by atoms with Crippen LogP contribution in [0.2, 0.25) is 0 Å². The second kappa shape index (κ2) is 6.20. The normalized spacial score (nSPS) is 12.4. The number of nitrogens with zero attached hydrogens (tertiary/aromatic N) is 2. The molecule has 10 heavy (non-hydrogen) atoms. The summed E-state index contributed by atoms with van der Waals surface area (Å²) in [7, 11) is 1.78. The van der Waals surface area contributed by atoms with Crippen molar-refractivity contribution in [1.29, 1.82) is 0 Å². The van der Waals surface area contributed by atoms with Crippen LogP contribution < -0.4 is 0 Å². The fourth-order valence-electron chi connectivity index (χ4n) is 0.540. The number of hydrogen-bond donors (Lipinski definition) is 0. The molecule has 0 radical (unpaired) electrons. The average molecular weight is 138 g/mol. The van der Waals surface area contributed by atoms with Crippen LogP contribution in [-0.4, -0.2) is 25.5 Å². The quantitative estimate of drug-likeness (QED) is 0.417. The number of aliphatic imine (C=N–C) groups is 2. The molecule has 0 atom stereocenters. The smallest absolute Gasteiger partial charge is 0.0568 e. The summed E-state index contributed by atoms with van der Waals surface area (Å²) in [6, 6.07) is 0. The summed E-state index contributed by atoms with van der Waals surface area (Å²) in [5.74, 6) is 0. The van der Waals surface area contributed by atoms with Gasteiger partial charge in [-0.1, -0.05) is 13.0 Å². The SMILES string of the molecule is C=CCN=CC(CC)=NC. The Morgan fingerprint density at radius 3 is 2.70 bits per heavy atom. The molecular formula is C8H14N2. The zero-order valence-corrected chi connectivity index (χ0v) is 6.67. The van der Waals surface area contributed by atoms with Gasteiger partial charge in [-0.25, -0.2) is 0 Å². The predicted octanol–water partition coefficient (Wildman–Crippen LogP) is 1.72. The van der Waals surface area contributed by atoms with E-state index < -0.39 is 0 Å². The zero-order chi connectivity index (χ0) is 7.82. The maximum atomic E-state index is 4.06. The van der Waals surface area contributed by atoms with E-state index in [9.17, 15) is 0 Å². The molecule has 0 unspecified atom stereocenters. The van der Waals surface area contributed by atoms with E-state index in [1.807, 2.05) is 0 Å².